The first-order chi connectivity index (χ1) is 15.1. The Morgan fingerprint density at radius 2 is 1.97 bits per heavy atom. The first-order valence-corrected chi connectivity index (χ1v) is 12.7. The molecular weight excluding hydrogens is 431 g/mol. The van der Waals surface area contributed by atoms with Crippen LogP contribution in [0.15, 0.2) is 23.5 Å². The van der Waals surface area contributed by atoms with Crippen LogP contribution in [0.4, 0.5) is 4.39 Å². The lowest BCUT2D eigenvalue weighted by molar-refractivity contribution is -0.190. The standard InChI is InChI=1S/C25H33FO5S/c1-5-21(29)31-25(22(30)32-13-26)14(2)10-19-17-7-6-15-11-16(27)12-20(28)24(15,4)18(17)8-9-23(19,25)3/h11-12,14,17-19,28H,5-10,13H2,1-4H3/t14?,17-,18+,19+,23+,24+,25?/m1/s1. The molecule has 0 heterocycles. The maximum absolute atomic E-state index is 13.4. The molecule has 4 rings (SSSR count). The molecule has 2 unspecified atom stereocenters. The molecule has 0 radical (unpaired) electrons. The lowest BCUT2D eigenvalue weighted by Crippen LogP contribution is -2.60. The van der Waals surface area contributed by atoms with Crippen LogP contribution in [0.3, 0.4) is 0 Å². The van der Waals surface area contributed by atoms with Gasteiger partial charge in [-0.3, -0.25) is 14.4 Å². The van der Waals surface area contributed by atoms with E-state index in [1.54, 1.807) is 13.0 Å². The van der Waals surface area contributed by atoms with Gasteiger partial charge >= 0.3 is 5.97 Å². The molecule has 176 valence electrons. The van der Waals surface area contributed by atoms with Gasteiger partial charge in [0, 0.05) is 29.2 Å². The van der Waals surface area contributed by atoms with E-state index in [-0.39, 0.29) is 46.8 Å². The summed E-state index contributed by atoms with van der Waals surface area (Å²) in [5.74, 6) is -0.221. The summed E-state index contributed by atoms with van der Waals surface area (Å²) in [7, 11) is 0. The third kappa shape index (κ3) is 2.99. The molecule has 1 N–H and O–H groups in total. The number of halogens is 1. The summed E-state index contributed by atoms with van der Waals surface area (Å²) in [5.41, 5.74) is -1.53. The van der Waals surface area contributed by atoms with Crippen molar-refractivity contribution in [2.75, 3.05) is 6.01 Å². The summed E-state index contributed by atoms with van der Waals surface area (Å²) in [6, 6.07) is -0.845. The van der Waals surface area contributed by atoms with Gasteiger partial charge in [-0.15, -0.1) is 0 Å². The number of ether oxygens (including phenoxy) is 1. The number of aliphatic hydroxyl groups is 1. The Kier molecular flexibility index (Phi) is 5.88. The number of carbonyl (C=O) groups is 3. The molecule has 4 aliphatic carbocycles. The monoisotopic (exact) mass is 464 g/mol. The molecule has 0 aliphatic heterocycles. The van der Waals surface area contributed by atoms with E-state index in [9.17, 15) is 23.9 Å². The van der Waals surface area contributed by atoms with Gasteiger partial charge in [0.1, 0.15) is 11.8 Å². The van der Waals surface area contributed by atoms with E-state index in [0.29, 0.717) is 24.6 Å². The predicted molar refractivity (Wildman–Crippen MR) is 120 cm³/mol. The fourth-order valence-electron chi connectivity index (χ4n) is 7.73. The van der Waals surface area contributed by atoms with Crippen molar-refractivity contribution < 1.29 is 28.6 Å². The number of aliphatic hydroxyl groups excluding tert-OH is 1. The van der Waals surface area contributed by atoms with Gasteiger partial charge in [-0.05, 0) is 74.6 Å². The van der Waals surface area contributed by atoms with Crippen molar-refractivity contribution in [3.05, 3.63) is 23.5 Å². The van der Waals surface area contributed by atoms with Gasteiger partial charge in [0.05, 0.1) is 0 Å². The highest BCUT2D eigenvalue weighted by atomic mass is 32.2. The molecule has 0 aromatic heterocycles. The van der Waals surface area contributed by atoms with Crippen molar-refractivity contribution >= 4 is 28.6 Å². The zero-order valence-corrected chi connectivity index (χ0v) is 20.1. The molecule has 0 spiro atoms. The average molecular weight is 465 g/mol. The van der Waals surface area contributed by atoms with E-state index < -0.39 is 28.4 Å². The molecule has 3 saturated carbocycles. The molecule has 0 aromatic rings. The fraction of sp³-hybridized carbons (Fsp3) is 0.720. The van der Waals surface area contributed by atoms with E-state index in [0.717, 1.165) is 24.8 Å². The van der Waals surface area contributed by atoms with Crippen LogP contribution in [0.25, 0.3) is 0 Å². The van der Waals surface area contributed by atoms with Crippen LogP contribution in [-0.2, 0) is 19.1 Å². The minimum atomic E-state index is -1.34. The zero-order valence-electron chi connectivity index (χ0n) is 19.3. The van der Waals surface area contributed by atoms with Gasteiger partial charge in [-0.25, -0.2) is 4.39 Å². The molecule has 5 nitrogen and oxygen atoms in total. The van der Waals surface area contributed by atoms with Crippen molar-refractivity contribution in [1.82, 2.24) is 0 Å². The Labute approximate surface area is 193 Å². The highest BCUT2D eigenvalue weighted by Crippen LogP contribution is 2.70. The van der Waals surface area contributed by atoms with E-state index in [1.165, 1.54) is 6.08 Å². The van der Waals surface area contributed by atoms with Crippen LogP contribution in [0.5, 0.6) is 0 Å². The van der Waals surface area contributed by atoms with E-state index in [4.69, 9.17) is 4.74 Å². The van der Waals surface area contributed by atoms with Crippen LogP contribution in [0.1, 0.15) is 66.2 Å². The average Bonchev–Trinajstić information content (AvgIpc) is 2.97. The molecule has 4 aliphatic rings. The van der Waals surface area contributed by atoms with Crippen molar-refractivity contribution in [3.8, 4) is 0 Å². The topological polar surface area (TPSA) is 80.7 Å². The number of carbonyl (C=O) groups excluding carboxylic acids is 3. The molecular formula is C25H33FO5S. The molecule has 32 heavy (non-hydrogen) atoms. The van der Waals surface area contributed by atoms with Crippen LogP contribution < -0.4 is 0 Å². The van der Waals surface area contributed by atoms with Gasteiger partial charge in [0.2, 0.25) is 5.12 Å². The third-order valence-electron chi connectivity index (χ3n) is 9.31. The van der Waals surface area contributed by atoms with Gasteiger partial charge < -0.3 is 9.84 Å². The second kappa shape index (κ2) is 8.00. The van der Waals surface area contributed by atoms with E-state index in [1.807, 2.05) is 20.8 Å². The highest BCUT2D eigenvalue weighted by molar-refractivity contribution is 8.13. The van der Waals surface area contributed by atoms with Crippen LogP contribution in [0, 0.1) is 34.5 Å². The molecule has 0 amide bonds. The fourth-order valence-corrected chi connectivity index (χ4v) is 8.52. The van der Waals surface area contributed by atoms with Crippen molar-refractivity contribution in [2.45, 2.75) is 71.8 Å². The first kappa shape index (κ1) is 23.5. The lowest BCUT2D eigenvalue weighted by Gasteiger charge is -2.58. The number of ketones is 1. The maximum atomic E-state index is 13.4. The SMILES string of the molecule is CCC(=O)OC1(C(=O)SCF)C(C)C[C@H]2[C@@H]3CCC4=CC(=O)C=C(O)[C@]4(C)[C@H]3CC[C@@]21C. The minimum absolute atomic E-state index is 0.105. The Morgan fingerprint density at radius 3 is 2.62 bits per heavy atom. The van der Waals surface area contributed by atoms with Gasteiger partial charge in [0.15, 0.2) is 11.4 Å². The van der Waals surface area contributed by atoms with Crippen LogP contribution in [-0.4, -0.2) is 33.6 Å². The number of thioether (sulfide) groups is 1. The van der Waals surface area contributed by atoms with E-state index >= 15 is 0 Å². The Morgan fingerprint density at radius 1 is 1.25 bits per heavy atom. The van der Waals surface area contributed by atoms with Crippen molar-refractivity contribution in [1.29, 1.82) is 0 Å². The molecule has 7 heteroatoms. The molecule has 0 saturated heterocycles. The smallest absolute Gasteiger partial charge is 0.306 e. The lowest BCUT2D eigenvalue weighted by atomic mass is 9.47. The summed E-state index contributed by atoms with van der Waals surface area (Å²) in [6.45, 7) is 7.73. The summed E-state index contributed by atoms with van der Waals surface area (Å²) in [5, 5.41) is 10.5. The molecule has 0 aromatic carbocycles. The number of rotatable bonds is 4. The summed E-state index contributed by atoms with van der Waals surface area (Å²) < 4.78 is 19.3. The van der Waals surface area contributed by atoms with Gasteiger partial charge in [-0.2, -0.15) is 0 Å². The first-order valence-electron chi connectivity index (χ1n) is 11.7. The Balaban J connectivity index is 1.76. The zero-order chi connectivity index (χ0) is 23.5. The highest BCUT2D eigenvalue weighted by Gasteiger charge is 2.71. The predicted octanol–water partition coefficient (Wildman–Crippen LogP) is 5.30. The second-order valence-electron chi connectivity index (χ2n) is 10.4. The maximum Gasteiger partial charge on any atom is 0.306 e. The third-order valence-corrected chi connectivity index (χ3v) is 9.99. The summed E-state index contributed by atoms with van der Waals surface area (Å²) >= 11 is 0.607. The molecule has 3 fully saturated rings. The van der Waals surface area contributed by atoms with Crippen molar-refractivity contribution in [2.24, 2.45) is 34.5 Å². The number of alkyl halides is 1. The quantitative estimate of drug-likeness (QED) is 0.568. The number of esters is 1. The van der Waals surface area contributed by atoms with Gasteiger partial charge in [0.25, 0.3) is 0 Å². The van der Waals surface area contributed by atoms with Crippen molar-refractivity contribution in [3.63, 3.8) is 0 Å². The largest absolute Gasteiger partial charge is 0.511 e. The number of hydrogen-bond acceptors (Lipinski definition) is 6. The van der Waals surface area contributed by atoms with Crippen LogP contribution in [0.2, 0.25) is 0 Å². The van der Waals surface area contributed by atoms with Crippen LogP contribution >= 0.6 is 11.8 Å². The number of fused-ring (bicyclic) bond motifs is 5. The Bertz CT molecular complexity index is 912. The molecule has 7 atom stereocenters. The normalized spacial score (nSPS) is 42.8. The number of allylic oxidation sites excluding steroid dienone is 3. The summed E-state index contributed by atoms with van der Waals surface area (Å²) in [6.07, 6.45) is 6.85. The molecule has 0 bridgehead atoms. The summed E-state index contributed by atoms with van der Waals surface area (Å²) in [4.78, 5) is 37.9. The van der Waals surface area contributed by atoms with Gasteiger partial charge in [-0.1, -0.05) is 26.3 Å². The van der Waals surface area contributed by atoms with E-state index in [2.05, 4.69) is 0 Å². The number of hydrogen-bond donors (Lipinski definition) is 1. The minimum Gasteiger partial charge on any atom is -0.511 e. The second-order valence-corrected chi connectivity index (χ2v) is 11.3. The Hall–Kier alpha value is -1.63.